The molecule has 0 aliphatic rings. The second-order valence-corrected chi connectivity index (χ2v) is 4.43. The van der Waals surface area contributed by atoms with E-state index in [4.69, 9.17) is 5.73 Å². The van der Waals surface area contributed by atoms with Crippen LogP contribution in [0.3, 0.4) is 0 Å². The van der Waals surface area contributed by atoms with Gasteiger partial charge in [0.2, 0.25) is 5.56 Å². The molecule has 0 atom stereocenters. The molecule has 0 amide bonds. The third-order valence-corrected chi connectivity index (χ3v) is 3.26. The Morgan fingerprint density at radius 2 is 2.16 bits per heavy atom. The number of nitrogens with zero attached hydrogens (tertiary/aromatic N) is 2. The molecule has 5 nitrogen and oxygen atoms in total. The molecular weight excluding hydrogens is 240 g/mol. The number of aryl methyl sites for hydroxylation is 1. The van der Waals surface area contributed by atoms with Gasteiger partial charge in [0, 0.05) is 31.4 Å². The molecule has 5 heteroatoms. The van der Waals surface area contributed by atoms with Crippen LogP contribution in [0.2, 0.25) is 0 Å². The minimum absolute atomic E-state index is 0.120. The minimum atomic E-state index is -0.120. The van der Waals surface area contributed by atoms with Crippen LogP contribution >= 0.6 is 0 Å². The monoisotopic (exact) mass is 254 g/mol. The predicted molar refractivity (Wildman–Crippen MR) is 74.7 cm³/mol. The third-order valence-electron chi connectivity index (χ3n) is 3.26. The van der Waals surface area contributed by atoms with E-state index in [0.29, 0.717) is 6.54 Å². The van der Waals surface area contributed by atoms with Gasteiger partial charge in [-0.1, -0.05) is 12.1 Å². The average molecular weight is 254 g/mol. The van der Waals surface area contributed by atoms with E-state index in [2.05, 4.69) is 9.97 Å². The third kappa shape index (κ3) is 1.84. The van der Waals surface area contributed by atoms with E-state index in [1.165, 1.54) is 6.07 Å². The summed E-state index contributed by atoms with van der Waals surface area (Å²) in [7, 11) is 1.95. The van der Waals surface area contributed by atoms with Gasteiger partial charge in [0.15, 0.2) is 0 Å². The van der Waals surface area contributed by atoms with Crippen LogP contribution in [0.15, 0.2) is 41.3 Å². The fraction of sp³-hybridized carbons (Fsp3) is 0.143. The number of nitrogens with one attached hydrogen (secondary N) is 1. The van der Waals surface area contributed by atoms with E-state index in [9.17, 15) is 4.79 Å². The molecule has 0 aliphatic carbocycles. The first kappa shape index (κ1) is 11.7. The molecule has 3 N–H and O–H groups in total. The quantitative estimate of drug-likeness (QED) is 0.725. The van der Waals surface area contributed by atoms with Crippen molar-refractivity contribution in [1.29, 1.82) is 0 Å². The maximum atomic E-state index is 11.1. The van der Waals surface area contributed by atoms with Crippen LogP contribution in [0.25, 0.3) is 22.4 Å². The molecule has 2 aromatic heterocycles. The highest BCUT2D eigenvalue weighted by atomic mass is 16.1. The van der Waals surface area contributed by atoms with E-state index in [-0.39, 0.29) is 5.56 Å². The summed E-state index contributed by atoms with van der Waals surface area (Å²) in [6, 6.07) is 9.23. The topological polar surface area (TPSA) is 76.7 Å². The molecule has 0 radical (unpaired) electrons. The molecule has 3 rings (SSSR count). The number of hydrogen-bond acceptors (Lipinski definition) is 3. The van der Waals surface area contributed by atoms with E-state index in [1.807, 2.05) is 29.8 Å². The summed E-state index contributed by atoms with van der Waals surface area (Å²) in [6.07, 6.45) is 1.67. The van der Waals surface area contributed by atoms with E-state index in [1.54, 1.807) is 12.3 Å². The Morgan fingerprint density at radius 1 is 1.32 bits per heavy atom. The lowest BCUT2D eigenvalue weighted by molar-refractivity contribution is 0.957. The predicted octanol–water partition coefficient (Wildman–Crippen LogP) is 1.39. The summed E-state index contributed by atoms with van der Waals surface area (Å²) < 4.78 is 2.00. The maximum absolute atomic E-state index is 11.1. The number of rotatable bonds is 2. The van der Waals surface area contributed by atoms with Gasteiger partial charge in [0.05, 0.1) is 11.0 Å². The number of H-pyrrole nitrogens is 1. The molecule has 1 aromatic carbocycles. The van der Waals surface area contributed by atoms with Gasteiger partial charge >= 0.3 is 0 Å². The highest BCUT2D eigenvalue weighted by Gasteiger charge is 2.11. The smallest absolute Gasteiger partial charge is 0.247 e. The molecule has 0 unspecified atom stereocenters. The van der Waals surface area contributed by atoms with Crippen molar-refractivity contribution in [2.24, 2.45) is 12.8 Å². The lowest BCUT2D eigenvalue weighted by Gasteiger charge is -2.01. The number of benzene rings is 1. The largest absolute Gasteiger partial charge is 0.328 e. The fourth-order valence-corrected chi connectivity index (χ4v) is 2.25. The first-order chi connectivity index (χ1) is 9.20. The highest BCUT2D eigenvalue weighted by Crippen LogP contribution is 2.24. The number of pyridine rings is 1. The first-order valence-corrected chi connectivity index (χ1v) is 6.04. The number of imidazole rings is 1. The standard InChI is InChI=1S/C14H14N4O/c1-18-11-4-2-3-9(7-15)13(11)17-14(18)10-5-6-12(19)16-8-10/h2-6,8H,7,15H2,1H3,(H,16,19). The Hall–Kier alpha value is -2.40. The number of para-hydroxylation sites is 1. The van der Waals surface area contributed by atoms with Gasteiger partial charge in [-0.2, -0.15) is 0 Å². The molecule has 19 heavy (non-hydrogen) atoms. The Morgan fingerprint density at radius 3 is 2.84 bits per heavy atom. The number of nitrogens with two attached hydrogens (primary N) is 1. The molecule has 2 heterocycles. The molecule has 0 bridgehead atoms. The van der Waals surface area contributed by atoms with Crippen molar-refractivity contribution in [3.05, 3.63) is 52.4 Å². The zero-order valence-electron chi connectivity index (χ0n) is 10.6. The summed E-state index contributed by atoms with van der Waals surface area (Å²) in [5, 5.41) is 0. The number of hydrogen-bond donors (Lipinski definition) is 2. The van der Waals surface area contributed by atoms with Crippen molar-refractivity contribution < 1.29 is 0 Å². The second kappa shape index (κ2) is 4.37. The highest BCUT2D eigenvalue weighted by molar-refractivity contribution is 5.83. The Labute approximate surface area is 109 Å². The van der Waals surface area contributed by atoms with E-state index < -0.39 is 0 Å². The molecule has 0 aliphatic heterocycles. The van der Waals surface area contributed by atoms with Crippen molar-refractivity contribution >= 4 is 11.0 Å². The van der Waals surface area contributed by atoms with Gasteiger partial charge in [0.1, 0.15) is 5.82 Å². The molecule has 3 aromatic rings. The van der Waals surface area contributed by atoms with Crippen LogP contribution in [0.5, 0.6) is 0 Å². The lowest BCUT2D eigenvalue weighted by atomic mass is 10.2. The van der Waals surface area contributed by atoms with Crippen molar-refractivity contribution in [1.82, 2.24) is 14.5 Å². The van der Waals surface area contributed by atoms with Gasteiger partial charge < -0.3 is 15.3 Å². The van der Waals surface area contributed by atoms with Gasteiger partial charge in [-0.3, -0.25) is 4.79 Å². The molecular formula is C14H14N4O. The zero-order chi connectivity index (χ0) is 13.4. The average Bonchev–Trinajstić information content (AvgIpc) is 2.77. The summed E-state index contributed by atoms with van der Waals surface area (Å²) in [6.45, 7) is 0.458. The van der Waals surface area contributed by atoms with Crippen LogP contribution in [-0.2, 0) is 13.6 Å². The maximum Gasteiger partial charge on any atom is 0.247 e. The number of aromatic amines is 1. The van der Waals surface area contributed by atoms with Crippen molar-refractivity contribution in [3.63, 3.8) is 0 Å². The van der Waals surface area contributed by atoms with Crippen LogP contribution in [0.4, 0.5) is 0 Å². The van der Waals surface area contributed by atoms with Gasteiger partial charge in [-0.05, 0) is 17.7 Å². The second-order valence-electron chi connectivity index (χ2n) is 4.43. The molecule has 0 saturated carbocycles. The van der Waals surface area contributed by atoms with Crippen LogP contribution in [0.1, 0.15) is 5.56 Å². The molecule has 96 valence electrons. The van der Waals surface area contributed by atoms with Crippen LogP contribution in [0, 0.1) is 0 Å². The zero-order valence-corrected chi connectivity index (χ0v) is 10.6. The van der Waals surface area contributed by atoms with E-state index >= 15 is 0 Å². The number of fused-ring (bicyclic) bond motifs is 1. The van der Waals surface area contributed by atoms with Gasteiger partial charge in [-0.15, -0.1) is 0 Å². The molecule has 0 saturated heterocycles. The number of aromatic nitrogens is 3. The summed E-state index contributed by atoms with van der Waals surface area (Å²) in [5.41, 5.74) is 9.45. The molecule has 0 fully saturated rings. The summed E-state index contributed by atoms with van der Waals surface area (Å²) in [4.78, 5) is 18.4. The first-order valence-electron chi connectivity index (χ1n) is 6.04. The van der Waals surface area contributed by atoms with Crippen molar-refractivity contribution in [2.75, 3.05) is 0 Å². The normalized spacial score (nSPS) is 11.1. The SMILES string of the molecule is Cn1c(-c2ccc(=O)[nH]c2)nc2c(CN)cccc21. The Kier molecular flexibility index (Phi) is 2.68. The van der Waals surface area contributed by atoms with Crippen LogP contribution < -0.4 is 11.3 Å². The van der Waals surface area contributed by atoms with E-state index in [0.717, 1.165) is 28.0 Å². The van der Waals surface area contributed by atoms with Crippen molar-refractivity contribution in [3.8, 4) is 11.4 Å². The van der Waals surface area contributed by atoms with Crippen molar-refractivity contribution in [2.45, 2.75) is 6.54 Å². The minimum Gasteiger partial charge on any atom is -0.328 e. The lowest BCUT2D eigenvalue weighted by Crippen LogP contribution is -2.02. The summed E-state index contributed by atoms with van der Waals surface area (Å²) >= 11 is 0. The van der Waals surface area contributed by atoms with Crippen LogP contribution in [-0.4, -0.2) is 14.5 Å². The fourth-order valence-electron chi connectivity index (χ4n) is 2.25. The summed E-state index contributed by atoms with van der Waals surface area (Å²) in [5.74, 6) is 0.812. The van der Waals surface area contributed by atoms with Gasteiger partial charge in [-0.25, -0.2) is 4.98 Å². The Balaban J connectivity index is 2.28. The molecule has 0 spiro atoms. The van der Waals surface area contributed by atoms with Gasteiger partial charge in [0.25, 0.3) is 0 Å². The Bertz CT molecular complexity index is 780.